The molecule has 0 aliphatic rings. The van der Waals surface area contributed by atoms with Crippen LogP contribution in [0.1, 0.15) is 32.8 Å². The molecule has 1 rings (SSSR count). The first-order valence-electron chi connectivity index (χ1n) is 6.09. The van der Waals surface area contributed by atoms with Crippen molar-refractivity contribution in [3.05, 3.63) is 29.8 Å². The number of hydrogen-bond acceptors (Lipinski definition) is 2. The summed E-state index contributed by atoms with van der Waals surface area (Å²) in [6.07, 6.45) is 1.28. The van der Waals surface area contributed by atoms with Gasteiger partial charge in [0, 0.05) is 12.6 Å². The number of nitrogens with one attached hydrogen (secondary N) is 1. The van der Waals surface area contributed by atoms with Crippen LogP contribution in [0, 0.1) is 6.92 Å². The van der Waals surface area contributed by atoms with Gasteiger partial charge < -0.3 is 10.1 Å². The highest BCUT2D eigenvalue weighted by Gasteiger charge is 2.09. The Labute approximate surface area is 99.0 Å². The Balaban J connectivity index is 2.53. The van der Waals surface area contributed by atoms with Crippen LogP contribution in [0.15, 0.2) is 24.3 Å². The Bertz CT molecular complexity index is 309. The van der Waals surface area contributed by atoms with Crippen LogP contribution in [-0.4, -0.2) is 18.7 Å². The summed E-state index contributed by atoms with van der Waals surface area (Å²) < 4.78 is 5.98. The maximum absolute atomic E-state index is 5.98. The molecule has 0 radical (unpaired) electrons. The van der Waals surface area contributed by atoms with Crippen LogP contribution < -0.4 is 10.1 Å². The van der Waals surface area contributed by atoms with Crippen molar-refractivity contribution in [2.75, 3.05) is 6.54 Å². The summed E-state index contributed by atoms with van der Waals surface area (Å²) in [5, 5.41) is 3.41. The van der Waals surface area contributed by atoms with Gasteiger partial charge in [0.15, 0.2) is 0 Å². The fourth-order valence-electron chi connectivity index (χ4n) is 1.50. The smallest absolute Gasteiger partial charge is 0.122 e. The van der Waals surface area contributed by atoms with Gasteiger partial charge in [-0.05, 0) is 25.0 Å². The first-order chi connectivity index (χ1) is 7.63. The van der Waals surface area contributed by atoms with Gasteiger partial charge in [0.1, 0.15) is 11.9 Å². The molecule has 90 valence electrons. The number of benzene rings is 1. The topological polar surface area (TPSA) is 21.3 Å². The van der Waals surface area contributed by atoms with Gasteiger partial charge in [-0.3, -0.25) is 0 Å². The third-order valence-corrected chi connectivity index (χ3v) is 2.60. The molecule has 0 spiro atoms. The van der Waals surface area contributed by atoms with Crippen molar-refractivity contribution in [1.29, 1.82) is 0 Å². The number of rotatable bonds is 6. The predicted octanol–water partition coefficient (Wildman–Crippen LogP) is 3.15. The van der Waals surface area contributed by atoms with E-state index in [1.54, 1.807) is 0 Å². The van der Waals surface area contributed by atoms with E-state index in [1.807, 2.05) is 18.2 Å². The molecule has 0 saturated carbocycles. The summed E-state index contributed by atoms with van der Waals surface area (Å²) in [7, 11) is 0. The molecule has 0 aromatic heterocycles. The minimum Gasteiger partial charge on any atom is -0.489 e. The third kappa shape index (κ3) is 4.23. The van der Waals surface area contributed by atoms with Crippen LogP contribution >= 0.6 is 0 Å². The summed E-state index contributed by atoms with van der Waals surface area (Å²) in [4.78, 5) is 0. The van der Waals surface area contributed by atoms with Crippen molar-refractivity contribution in [3.8, 4) is 5.75 Å². The molecule has 2 nitrogen and oxygen atoms in total. The van der Waals surface area contributed by atoms with Crippen LogP contribution in [0.5, 0.6) is 5.75 Å². The number of hydrogen-bond donors (Lipinski definition) is 1. The molecule has 0 aliphatic carbocycles. The average Bonchev–Trinajstić information content (AvgIpc) is 2.26. The molecule has 0 saturated heterocycles. The van der Waals surface area contributed by atoms with Gasteiger partial charge >= 0.3 is 0 Å². The molecule has 1 aromatic carbocycles. The Kier molecular flexibility index (Phi) is 5.33. The van der Waals surface area contributed by atoms with Gasteiger partial charge in [-0.2, -0.15) is 0 Å². The highest BCUT2D eigenvalue weighted by Crippen LogP contribution is 2.18. The lowest BCUT2D eigenvalue weighted by Crippen LogP contribution is -2.35. The molecule has 0 aliphatic heterocycles. The van der Waals surface area contributed by atoms with Crippen molar-refractivity contribution in [2.45, 2.75) is 46.3 Å². The molecule has 16 heavy (non-hydrogen) atoms. The Morgan fingerprint density at radius 3 is 2.50 bits per heavy atom. The normalized spacial score (nSPS) is 12.8. The third-order valence-electron chi connectivity index (χ3n) is 2.60. The largest absolute Gasteiger partial charge is 0.489 e. The first kappa shape index (κ1) is 13.0. The maximum Gasteiger partial charge on any atom is 0.122 e. The molecular formula is C14H23NO. The van der Waals surface area contributed by atoms with E-state index in [-0.39, 0.29) is 6.10 Å². The van der Waals surface area contributed by atoms with Crippen molar-refractivity contribution in [3.63, 3.8) is 0 Å². The van der Waals surface area contributed by atoms with E-state index in [1.165, 1.54) is 5.56 Å². The van der Waals surface area contributed by atoms with Gasteiger partial charge in [0.05, 0.1) is 0 Å². The SMILES string of the molecule is CCC(CNC(C)C)Oc1ccccc1C. The van der Waals surface area contributed by atoms with Crippen LogP contribution in [0.25, 0.3) is 0 Å². The Hall–Kier alpha value is -1.02. The zero-order valence-electron chi connectivity index (χ0n) is 10.8. The number of ether oxygens (including phenoxy) is 1. The standard InChI is InChI=1S/C14H23NO/c1-5-13(10-15-11(2)3)16-14-9-7-6-8-12(14)4/h6-9,11,13,15H,5,10H2,1-4H3. The Morgan fingerprint density at radius 2 is 1.94 bits per heavy atom. The monoisotopic (exact) mass is 221 g/mol. The van der Waals surface area contributed by atoms with E-state index in [2.05, 4.69) is 39.1 Å². The van der Waals surface area contributed by atoms with Crippen molar-refractivity contribution < 1.29 is 4.74 Å². The van der Waals surface area contributed by atoms with Gasteiger partial charge in [-0.1, -0.05) is 39.0 Å². The van der Waals surface area contributed by atoms with Gasteiger partial charge in [-0.15, -0.1) is 0 Å². The summed E-state index contributed by atoms with van der Waals surface area (Å²) in [5.41, 5.74) is 1.20. The van der Waals surface area contributed by atoms with E-state index >= 15 is 0 Å². The molecule has 1 aromatic rings. The zero-order chi connectivity index (χ0) is 12.0. The molecule has 1 N–H and O–H groups in total. The lowest BCUT2D eigenvalue weighted by atomic mass is 10.2. The van der Waals surface area contributed by atoms with Gasteiger partial charge in [-0.25, -0.2) is 0 Å². The number of aryl methyl sites for hydroxylation is 1. The fraction of sp³-hybridized carbons (Fsp3) is 0.571. The van der Waals surface area contributed by atoms with Gasteiger partial charge in [0.2, 0.25) is 0 Å². The second-order valence-corrected chi connectivity index (χ2v) is 4.48. The molecule has 0 bridgehead atoms. The molecule has 0 amide bonds. The van der Waals surface area contributed by atoms with Crippen LogP contribution in [-0.2, 0) is 0 Å². The van der Waals surface area contributed by atoms with Crippen molar-refractivity contribution in [1.82, 2.24) is 5.32 Å². The zero-order valence-corrected chi connectivity index (χ0v) is 10.8. The first-order valence-corrected chi connectivity index (χ1v) is 6.09. The van der Waals surface area contributed by atoms with Crippen molar-refractivity contribution in [2.24, 2.45) is 0 Å². The molecule has 2 heteroatoms. The van der Waals surface area contributed by atoms with E-state index in [0.717, 1.165) is 18.7 Å². The van der Waals surface area contributed by atoms with Crippen LogP contribution in [0.4, 0.5) is 0 Å². The van der Waals surface area contributed by atoms with E-state index in [0.29, 0.717) is 6.04 Å². The molecule has 0 fully saturated rings. The maximum atomic E-state index is 5.98. The molecule has 1 atom stereocenters. The predicted molar refractivity (Wildman–Crippen MR) is 69.0 cm³/mol. The molecule has 0 heterocycles. The van der Waals surface area contributed by atoms with E-state index in [4.69, 9.17) is 4.74 Å². The minimum atomic E-state index is 0.253. The van der Waals surface area contributed by atoms with E-state index < -0.39 is 0 Å². The summed E-state index contributed by atoms with van der Waals surface area (Å²) in [5.74, 6) is 1.000. The van der Waals surface area contributed by atoms with Crippen LogP contribution in [0.3, 0.4) is 0 Å². The lowest BCUT2D eigenvalue weighted by Gasteiger charge is -2.20. The fourth-order valence-corrected chi connectivity index (χ4v) is 1.50. The molecular weight excluding hydrogens is 198 g/mol. The van der Waals surface area contributed by atoms with Crippen molar-refractivity contribution >= 4 is 0 Å². The Morgan fingerprint density at radius 1 is 1.25 bits per heavy atom. The minimum absolute atomic E-state index is 0.253. The second-order valence-electron chi connectivity index (χ2n) is 4.48. The van der Waals surface area contributed by atoms with Gasteiger partial charge in [0.25, 0.3) is 0 Å². The molecule has 1 unspecified atom stereocenters. The highest BCUT2D eigenvalue weighted by molar-refractivity contribution is 5.31. The number of para-hydroxylation sites is 1. The summed E-state index contributed by atoms with van der Waals surface area (Å²) >= 11 is 0. The average molecular weight is 221 g/mol. The second kappa shape index (κ2) is 6.54. The summed E-state index contributed by atoms with van der Waals surface area (Å²) in [6.45, 7) is 9.45. The lowest BCUT2D eigenvalue weighted by molar-refractivity contribution is 0.189. The summed E-state index contributed by atoms with van der Waals surface area (Å²) in [6, 6.07) is 8.68. The van der Waals surface area contributed by atoms with E-state index in [9.17, 15) is 0 Å². The quantitative estimate of drug-likeness (QED) is 0.796. The van der Waals surface area contributed by atoms with Crippen LogP contribution in [0.2, 0.25) is 0 Å². The highest BCUT2D eigenvalue weighted by atomic mass is 16.5.